The van der Waals surface area contributed by atoms with Crippen LogP contribution in [0.15, 0.2) is 18.2 Å². The molecule has 1 aromatic carbocycles. The first-order valence-electron chi connectivity index (χ1n) is 6.43. The summed E-state index contributed by atoms with van der Waals surface area (Å²) < 4.78 is 0. The van der Waals surface area contributed by atoms with Crippen molar-refractivity contribution in [1.82, 2.24) is 5.32 Å². The third kappa shape index (κ3) is 4.11. The molecular formula is C13H20N4O3. The maximum Gasteiger partial charge on any atom is 0.292 e. The average molecular weight is 280 g/mol. The van der Waals surface area contributed by atoms with Gasteiger partial charge in [0.2, 0.25) is 5.91 Å². The minimum Gasteiger partial charge on any atom is -0.393 e. The Hall–Kier alpha value is -2.31. The van der Waals surface area contributed by atoms with Crippen molar-refractivity contribution in [1.29, 1.82) is 0 Å². The molecule has 110 valence electrons. The van der Waals surface area contributed by atoms with Crippen molar-refractivity contribution in [2.75, 3.05) is 23.7 Å². The van der Waals surface area contributed by atoms with Crippen LogP contribution in [0.5, 0.6) is 0 Å². The molecule has 0 saturated carbocycles. The van der Waals surface area contributed by atoms with Crippen molar-refractivity contribution in [3.8, 4) is 0 Å². The van der Waals surface area contributed by atoms with E-state index in [1.807, 2.05) is 20.8 Å². The summed E-state index contributed by atoms with van der Waals surface area (Å²) in [6.45, 7) is 6.46. The first-order chi connectivity index (χ1) is 9.35. The van der Waals surface area contributed by atoms with Gasteiger partial charge in [0.25, 0.3) is 5.69 Å². The van der Waals surface area contributed by atoms with Crippen LogP contribution >= 0.6 is 0 Å². The lowest BCUT2D eigenvalue weighted by Crippen LogP contribution is -2.40. The van der Waals surface area contributed by atoms with E-state index in [1.165, 1.54) is 12.1 Å². The van der Waals surface area contributed by atoms with Crippen LogP contribution in [-0.4, -0.2) is 30.0 Å². The van der Waals surface area contributed by atoms with E-state index in [0.29, 0.717) is 12.2 Å². The minimum atomic E-state index is -0.527. The molecule has 1 amide bonds. The van der Waals surface area contributed by atoms with Crippen molar-refractivity contribution in [3.05, 3.63) is 28.3 Å². The largest absolute Gasteiger partial charge is 0.393 e. The highest BCUT2D eigenvalue weighted by Crippen LogP contribution is 2.26. The van der Waals surface area contributed by atoms with Gasteiger partial charge in [-0.15, -0.1) is 0 Å². The van der Waals surface area contributed by atoms with Crippen molar-refractivity contribution in [2.24, 2.45) is 0 Å². The normalized spacial score (nSPS) is 10.4. The maximum atomic E-state index is 11.8. The number of amides is 1. The number of nitro benzene ring substituents is 1. The van der Waals surface area contributed by atoms with Crippen molar-refractivity contribution in [2.45, 2.75) is 26.8 Å². The molecule has 7 nitrogen and oxygen atoms in total. The second-order valence-electron chi connectivity index (χ2n) is 4.74. The molecule has 0 saturated heterocycles. The Labute approximate surface area is 117 Å². The molecule has 1 rings (SSSR count). The molecule has 0 aliphatic rings. The Morgan fingerprint density at radius 2 is 2.15 bits per heavy atom. The average Bonchev–Trinajstić information content (AvgIpc) is 2.34. The Bertz CT molecular complexity index is 502. The molecule has 0 fully saturated rings. The summed E-state index contributed by atoms with van der Waals surface area (Å²) in [5, 5.41) is 13.5. The molecule has 0 heterocycles. The van der Waals surface area contributed by atoms with E-state index in [1.54, 1.807) is 11.0 Å². The van der Waals surface area contributed by atoms with Gasteiger partial charge in [0.1, 0.15) is 5.69 Å². The standard InChI is InChI=1S/C13H20N4O3/c1-4-16(8-13(18)15-9(2)3)10-5-6-12(17(19)20)11(14)7-10/h5-7,9H,4,8,14H2,1-3H3,(H,15,18). The van der Waals surface area contributed by atoms with E-state index >= 15 is 0 Å². The highest BCUT2D eigenvalue weighted by Gasteiger charge is 2.15. The Kier molecular flexibility index (Phi) is 5.31. The molecule has 0 atom stereocenters. The smallest absolute Gasteiger partial charge is 0.292 e. The zero-order valence-electron chi connectivity index (χ0n) is 11.9. The highest BCUT2D eigenvalue weighted by molar-refractivity contribution is 5.82. The monoisotopic (exact) mass is 280 g/mol. The Morgan fingerprint density at radius 1 is 1.50 bits per heavy atom. The molecule has 0 bridgehead atoms. The van der Waals surface area contributed by atoms with Crippen LogP contribution in [0, 0.1) is 10.1 Å². The van der Waals surface area contributed by atoms with Crippen molar-refractivity contribution >= 4 is 23.0 Å². The number of carbonyl (C=O) groups excluding carboxylic acids is 1. The van der Waals surface area contributed by atoms with Gasteiger partial charge in [-0.3, -0.25) is 14.9 Å². The second kappa shape index (κ2) is 6.74. The number of rotatable bonds is 6. The van der Waals surface area contributed by atoms with Gasteiger partial charge in [0.15, 0.2) is 0 Å². The molecule has 0 spiro atoms. The molecule has 0 aliphatic carbocycles. The fraction of sp³-hybridized carbons (Fsp3) is 0.462. The third-order valence-corrected chi connectivity index (χ3v) is 2.74. The lowest BCUT2D eigenvalue weighted by Gasteiger charge is -2.23. The summed E-state index contributed by atoms with van der Waals surface area (Å²) in [6, 6.07) is 4.54. The first-order valence-corrected chi connectivity index (χ1v) is 6.43. The van der Waals surface area contributed by atoms with E-state index in [9.17, 15) is 14.9 Å². The summed E-state index contributed by atoms with van der Waals surface area (Å²) in [5.41, 5.74) is 6.31. The first kappa shape index (κ1) is 15.7. The Balaban J connectivity index is 2.88. The summed E-state index contributed by atoms with van der Waals surface area (Å²) in [7, 11) is 0. The summed E-state index contributed by atoms with van der Waals surface area (Å²) in [6.07, 6.45) is 0. The predicted molar refractivity (Wildman–Crippen MR) is 78.7 cm³/mol. The van der Waals surface area contributed by atoms with Crippen molar-refractivity contribution < 1.29 is 9.72 Å². The number of anilines is 2. The number of nitro groups is 1. The van der Waals surface area contributed by atoms with Gasteiger partial charge in [-0.1, -0.05) is 0 Å². The van der Waals surface area contributed by atoms with Crippen molar-refractivity contribution in [3.63, 3.8) is 0 Å². The second-order valence-corrected chi connectivity index (χ2v) is 4.74. The lowest BCUT2D eigenvalue weighted by molar-refractivity contribution is -0.383. The quantitative estimate of drug-likeness (QED) is 0.467. The van der Waals surface area contributed by atoms with Crippen LogP contribution in [0.3, 0.4) is 0 Å². The van der Waals surface area contributed by atoms with Gasteiger partial charge in [-0.25, -0.2) is 0 Å². The van der Waals surface area contributed by atoms with E-state index < -0.39 is 4.92 Å². The van der Waals surface area contributed by atoms with E-state index in [0.717, 1.165) is 0 Å². The highest BCUT2D eigenvalue weighted by atomic mass is 16.6. The van der Waals surface area contributed by atoms with Crippen LogP contribution in [-0.2, 0) is 4.79 Å². The molecule has 7 heteroatoms. The molecule has 0 radical (unpaired) electrons. The van der Waals surface area contributed by atoms with E-state index in [2.05, 4.69) is 5.32 Å². The number of hydrogen-bond acceptors (Lipinski definition) is 5. The third-order valence-electron chi connectivity index (χ3n) is 2.74. The lowest BCUT2D eigenvalue weighted by atomic mass is 10.2. The predicted octanol–water partition coefficient (Wildman–Crippen LogP) is 1.53. The van der Waals surface area contributed by atoms with E-state index in [-0.39, 0.29) is 29.9 Å². The number of benzene rings is 1. The summed E-state index contributed by atoms with van der Waals surface area (Å²) in [5.74, 6) is -0.0984. The molecule has 1 aromatic rings. The fourth-order valence-corrected chi connectivity index (χ4v) is 1.83. The van der Waals surface area contributed by atoms with Gasteiger partial charge in [-0.2, -0.15) is 0 Å². The number of nitrogens with one attached hydrogen (secondary N) is 1. The molecule has 0 aliphatic heterocycles. The summed E-state index contributed by atoms with van der Waals surface area (Å²) in [4.78, 5) is 23.8. The minimum absolute atomic E-state index is 0.0723. The van der Waals surface area contributed by atoms with Gasteiger partial charge in [-0.05, 0) is 32.9 Å². The molecule has 0 unspecified atom stereocenters. The van der Waals surface area contributed by atoms with Gasteiger partial charge in [0.05, 0.1) is 11.5 Å². The van der Waals surface area contributed by atoms with Gasteiger partial charge < -0.3 is 16.0 Å². The van der Waals surface area contributed by atoms with E-state index in [4.69, 9.17) is 5.73 Å². The summed E-state index contributed by atoms with van der Waals surface area (Å²) >= 11 is 0. The number of carbonyl (C=O) groups is 1. The van der Waals surface area contributed by atoms with Gasteiger partial charge in [0, 0.05) is 24.3 Å². The van der Waals surface area contributed by atoms with Crippen LogP contribution in [0.4, 0.5) is 17.1 Å². The molecule has 0 aromatic heterocycles. The SMILES string of the molecule is CCN(CC(=O)NC(C)C)c1ccc([N+](=O)[O-])c(N)c1. The number of nitrogens with two attached hydrogens (primary N) is 1. The maximum absolute atomic E-state index is 11.8. The molecular weight excluding hydrogens is 260 g/mol. The number of nitrogen functional groups attached to an aromatic ring is 1. The Morgan fingerprint density at radius 3 is 2.60 bits per heavy atom. The van der Waals surface area contributed by atoms with Gasteiger partial charge >= 0.3 is 0 Å². The van der Waals surface area contributed by atoms with Crippen LogP contribution in [0.25, 0.3) is 0 Å². The topological polar surface area (TPSA) is 102 Å². The zero-order valence-corrected chi connectivity index (χ0v) is 11.9. The van der Waals surface area contributed by atoms with Crippen LogP contribution in [0.2, 0.25) is 0 Å². The number of hydrogen-bond donors (Lipinski definition) is 2. The fourth-order valence-electron chi connectivity index (χ4n) is 1.83. The number of likely N-dealkylation sites (N-methyl/N-ethyl adjacent to an activating group) is 1. The molecule has 3 N–H and O–H groups in total. The molecule has 20 heavy (non-hydrogen) atoms. The number of nitrogens with zero attached hydrogens (tertiary/aromatic N) is 2. The van der Waals surface area contributed by atoms with Crippen LogP contribution in [0.1, 0.15) is 20.8 Å². The zero-order chi connectivity index (χ0) is 15.3. The van der Waals surface area contributed by atoms with Crippen LogP contribution < -0.4 is 16.0 Å².